The van der Waals surface area contributed by atoms with Crippen molar-refractivity contribution < 1.29 is 23.8 Å². The van der Waals surface area contributed by atoms with Crippen LogP contribution in [-0.4, -0.2) is 23.6 Å². The van der Waals surface area contributed by atoms with Crippen LogP contribution >= 0.6 is 11.6 Å². The van der Waals surface area contributed by atoms with E-state index in [2.05, 4.69) is 5.32 Å². The molecule has 0 saturated heterocycles. The third-order valence-electron chi connectivity index (χ3n) is 3.15. The zero-order valence-corrected chi connectivity index (χ0v) is 13.4. The summed E-state index contributed by atoms with van der Waals surface area (Å²) < 4.78 is 10.7. The molecule has 7 heteroatoms. The molecule has 0 aliphatic carbocycles. The fraction of sp³-hybridized carbons (Fsp3) is 0.250. The minimum Gasteiger partial charge on any atom is -0.484 e. The van der Waals surface area contributed by atoms with Gasteiger partial charge in [0.1, 0.15) is 22.8 Å². The number of halogens is 1. The van der Waals surface area contributed by atoms with E-state index in [1.54, 1.807) is 25.1 Å². The lowest BCUT2D eigenvalue weighted by molar-refractivity contribution is -0.123. The number of rotatable bonds is 6. The number of aromatic carboxylic acids is 1. The molecule has 1 heterocycles. The molecule has 0 fully saturated rings. The number of hydrogen-bond donors (Lipinski definition) is 2. The summed E-state index contributed by atoms with van der Waals surface area (Å²) in [4.78, 5) is 22.7. The van der Waals surface area contributed by atoms with Crippen molar-refractivity contribution >= 4 is 23.5 Å². The number of ether oxygens (including phenoxy) is 1. The van der Waals surface area contributed by atoms with E-state index in [9.17, 15) is 9.59 Å². The number of carboxylic acids is 1. The van der Waals surface area contributed by atoms with Crippen LogP contribution in [0.15, 0.2) is 28.7 Å². The Bertz CT molecular complexity index is 738. The normalized spacial score (nSPS) is 10.4. The number of hydrogen-bond acceptors (Lipinski definition) is 4. The van der Waals surface area contributed by atoms with Gasteiger partial charge in [0.2, 0.25) is 0 Å². The van der Waals surface area contributed by atoms with Crippen LogP contribution in [0, 0.1) is 13.8 Å². The van der Waals surface area contributed by atoms with Crippen molar-refractivity contribution in [3.8, 4) is 5.75 Å². The molecule has 0 atom stereocenters. The van der Waals surface area contributed by atoms with Crippen LogP contribution in [0.1, 0.15) is 27.4 Å². The topological polar surface area (TPSA) is 88.8 Å². The maximum absolute atomic E-state index is 11.8. The third kappa shape index (κ3) is 4.50. The molecular weight excluding hydrogens is 322 g/mol. The van der Waals surface area contributed by atoms with E-state index in [-0.39, 0.29) is 24.6 Å². The largest absolute Gasteiger partial charge is 0.484 e. The number of carbonyl (C=O) groups is 2. The standard InChI is InChI=1S/C16H16ClNO5/c1-9-5-11(17)3-4-14(9)22-8-15(19)18-7-12-6-13(16(20)21)10(2)23-12/h3-6H,7-8H2,1-2H3,(H,18,19)(H,20,21). The Morgan fingerprint density at radius 1 is 1.30 bits per heavy atom. The number of benzene rings is 1. The average molecular weight is 338 g/mol. The maximum atomic E-state index is 11.8. The third-order valence-corrected chi connectivity index (χ3v) is 3.39. The van der Waals surface area contributed by atoms with Crippen LogP contribution in [0.5, 0.6) is 5.75 Å². The Kier molecular flexibility index (Phi) is 5.28. The van der Waals surface area contributed by atoms with Crippen molar-refractivity contribution in [3.63, 3.8) is 0 Å². The zero-order chi connectivity index (χ0) is 17.0. The summed E-state index contributed by atoms with van der Waals surface area (Å²) in [6.07, 6.45) is 0. The summed E-state index contributed by atoms with van der Waals surface area (Å²) >= 11 is 5.85. The van der Waals surface area contributed by atoms with Gasteiger partial charge in [-0.2, -0.15) is 0 Å². The van der Waals surface area contributed by atoms with Gasteiger partial charge in [0.05, 0.1) is 6.54 Å². The quantitative estimate of drug-likeness (QED) is 0.846. The predicted octanol–water partition coefficient (Wildman–Crippen LogP) is 2.94. The van der Waals surface area contributed by atoms with Gasteiger partial charge in [-0.15, -0.1) is 0 Å². The Hall–Kier alpha value is -2.47. The van der Waals surface area contributed by atoms with Crippen molar-refractivity contribution in [2.24, 2.45) is 0 Å². The highest BCUT2D eigenvalue weighted by molar-refractivity contribution is 6.30. The molecule has 23 heavy (non-hydrogen) atoms. The lowest BCUT2D eigenvalue weighted by Crippen LogP contribution is -2.28. The van der Waals surface area contributed by atoms with E-state index in [0.29, 0.717) is 22.3 Å². The Labute approximate surface area is 138 Å². The first kappa shape index (κ1) is 16.9. The van der Waals surface area contributed by atoms with Gasteiger partial charge in [-0.3, -0.25) is 4.79 Å². The number of carboxylic acid groups (broad SMARTS) is 1. The molecule has 0 aliphatic rings. The summed E-state index contributed by atoms with van der Waals surface area (Å²) in [5.74, 6) is -0.159. The summed E-state index contributed by atoms with van der Waals surface area (Å²) in [7, 11) is 0. The van der Waals surface area contributed by atoms with E-state index < -0.39 is 5.97 Å². The van der Waals surface area contributed by atoms with E-state index in [4.69, 9.17) is 25.9 Å². The number of furan rings is 1. The summed E-state index contributed by atoms with van der Waals surface area (Å²) in [5.41, 5.74) is 0.917. The van der Waals surface area contributed by atoms with Crippen molar-refractivity contribution in [1.82, 2.24) is 5.32 Å². The lowest BCUT2D eigenvalue weighted by Gasteiger charge is -2.09. The lowest BCUT2D eigenvalue weighted by atomic mass is 10.2. The van der Waals surface area contributed by atoms with Gasteiger partial charge >= 0.3 is 5.97 Å². The Morgan fingerprint density at radius 2 is 2.04 bits per heavy atom. The minimum atomic E-state index is -1.06. The highest BCUT2D eigenvalue weighted by Crippen LogP contribution is 2.21. The second-order valence-electron chi connectivity index (χ2n) is 4.96. The van der Waals surface area contributed by atoms with Gasteiger partial charge < -0.3 is 19.6 Å². The number of aryl methyl sites for hydroxylation is 2. The molecule has 1 amide bonds. The van der Waals surface area contributed by atoms with E-state index >= 15 is 0 Å². The fourth-order valence-electron chi connectivity index (χ4n) is 2.00. The van der Waals surface area contributed by atoms with Crippen molar-refractivity contribution in [3.05, 3.63) is 51.9 Å². The van der Waals surface area contributed by atoms with Crippen LogP contribution in [0.25, 0.3) is 0 Å². The molecule has 0 bridgehead atoms. The fourth-order valence-corrected chi connectivity index (χ4v) is 2.22. The van der Waals surface area contributed by atoms with Crippen LogP contribution in [-0.2, 0) is 11.3 Å². The molecule has 2 rings (SSSR count). The highest BCUT2D eigenvalue weighted by Gasteiger charge is 2.14. The molecule has 122 valence electrons. The summed E-state index contributed by atoms with van der Waals surface area (Å²) in [6.45, 7) is 3.32. The number of nitrogens with one attached hydrogen (secondary N) is 1. The van der Waals surface area contributed by atoms with Gasteiger partial charge in [-0.1, -0.05) is 11.6 Å². The monoisotopic (exact) mass is 337 g/mol. The molecule has 0 spiro atoms. The van der Waals surface area contributed by atoms with Gasteiger partial charge in [0.25, 0.3) is 5.91 Å². The van der Waals surface area contributed by atoms with Gasteiger partial charge in [0, 0.05) is 5.02 Å². The Morgan fingerprint density at radius 3 is 2.65 bits per heavy atom. The first-order valence-electron chi connectivity index (χ1n) is 6.85. The molecule has 6 nitrogen and oxygen atoms in total. The van der Waals surface area contributed by atoms with Crippen LogP contribution < -0.4 is 10.1 Å². The van der Waals surface area contributed by atoms with Crippen molar-refractivity contribution in [1.29, 1.82) is 0 Å². The average Bonchev–Trinajstić information content (AvgIpc) is 2.85. The molecule has 0 unspecified atom stereocenters. The van der Waals surface area contributed by atoms with Crippen LogP contribution in [0.4, 0.5) is 0 Å². The second kappa shape index (κ2) is 7.19. The highest BCUT2D eigenvalue weighted by atomic mass is 35.5. The maximum Gasteiger partial charge on any atom is 0.339 e. The first-order chi connectivity index (χ1) is 10.9. The molecule has 1 aromatic carbocycles. The van der Waals surface area contributed by atoms with Gasteiger partial charge in [-0.05, 0) is 43.7 Å². The number of amides is 1. The van der Waals surface area contributed by atoms with E-state index in [1.165, 1.54) is 6.07 Å². The first-order valence-corrected chi connectivity index (χ1v) is 7.23. The molecule has 0 saturated carbocycles. The van der Waals surface area contributed by atoms with Crippen LogP contribution in [0.2, 0.25) is 5.02 Å². The molecule has 2 aromatic rings. The Balaban J connectivity index is 1.85. The molecule has 2 N–H and O–H groups in total. The predicted molar refractivity (Wildman–Crippen MR) is 83.9 cm³/mol. The summed E-state index contributed by atoms with van der Waals surface area (Å²) in [5, 5.41) is 12.1. The van der Waals surface area contributed by atoms with Crippen molar-refractivity contribution in [2.75, 3.05) is 6.61 Å². The number of carbonyl (C=O) groups excluding carboxylic acids is 1. The van der Waals surface area contributed by atoms with Crippen molar-refractivity contribution in [2.45, 2.75) is 20.4 Å². The smallest absolute Gasteiger partial charge is 0.339 e. The van der Waals surface area contributed by atoms with E-state index in [0.717, 1.165) is 5.56 Å². The zero-order valence-electron chi connectivity index (χ0n) is 12.7. The molecule has 1 aromatic heterocycles. The van der Waals surface area contributed by atoms with Crippen LogP contribution in [0.3, 0.4) is 0 Å². The SMILES string of the molecule is Cc1cc(Cl)ccc1OCC(=O)NCc1cc(C(=O)O)c(C)o1. The summed E-state index contributed by atoms with van der Waals surface area (Å²) in [6, 6.07) is 6.51. The second-order valence-corrected chi connectivity index (χ2v) is 5.40. The molecule has 0 aliphatic heterocycles. The minimum absolute atomic E-state index is 0.0855. The van der Waals surface area contributed by atoms with Gasteiger partial charge in [-0.25, -0.2) is 4.79 Å². The van der Waals surface area contributed by atoms with E-state index in [1.807, 2.05) is 6.92 Å². The molecule has 0 radical (unpaired) electrons. The van der Waals surface area contributed by atoms with Gasteiger partial charge in [0.15, 0.2) is 6.61 Å². The molecular formula is C16H16ClNO5.